The summed E-state index contributed by atoms with van der Waals surface area (Å²) in [7, 11) is -2.22. The molecule has 2 aliphatic rings. The number of rotatable bonds is 18. The van der Waals surface area contributed by atoms with Crippen molar-refractivity contribution in [3.63, 3.8) is 0 Å². The molecular weight excluding hydrogens is 629 g/mol. The Labute approximate surface area is 312 Å². The van der Waals surface area contributed by atoms with Gasteiger partial charge in [-0.1, -0.05) is 188 Å². The molecule has 0 amide bonds. The second-order valence-corrected chi connectivity index (χ2v) is 20.4. The number of allylic oxidation sites excluding steroid dienone is 2. The van der Waals surface area contributed by atoms with Gasteiger partial charge >= 0.3 is 0 Å². The molecule has 1 heteroatoms. The van der Waals surface area contributed by atoms with Gasteiger partial charge in [-0.15, -0.1) is 0 Å². The molecule has 0 saturated carbocycles. The summed E-state index contributed by atoms with van der Waals surface area (Å²) in [6.45, 7) is 14.7. The largest absolute Gasteiger partial charge is 0.113 e. The fourth-order valence-electron chi connectivity index (χ4n) is 9.43. The van der Waals surface area contributed by atoms with E-state index in [4.69, 9.17) is 0 Å². The molecule has 0 unspecified atom stereocenters. The molecule has 6 rings (SSSR count). The molecule has 2 aliphatic carbocycles. The molecule has 4 aromatic carbocycles. The van der Waals surface area contributed by atoms with Crippen LogP contribution in [0.4, 0.5) is 0 Å². The van der Waals surface area contributed by atoms with Crippen LogP contribution in [0.3, 0.4) is 0 Å². The van der Waals surface area contributed by atoms with Crippen molar-refractivity contribution in [3.05, 3.63) is 129 Å². The molecule has 0 bridgehead atoms. The number of hydrogen-bond acceptors (Lipinski definition) is 0. The maximum atomic E-state index is 2.74. The van der Waals surface area contributed by atoms with Crippen LogP contribution in [0, 0.1) is 0 Å². The second kappa shape index (κ2) is 17.4. The third kappa shape index (κ3) is 8.15. The highest BCUT2D eigenvalue weighted by Crippen LogP contribution is 2.54. The fourth-order valence-corrected chi connectivity index (χ4v) is 13.7. The first-order valence-electron chi connectivity index (χ1n) is 20.8. The summed E-state index contributed by atoms with van der Waals surface area (Å²) < 4.78 is 0. The summed E-state index contributed by atoms with van der Waals surface area (Å²) in [5, 5.41) is 3.54. The van der Waals surface area contributed by atoms with Crippen LogP contribution in [0.15, 0.2) is 96.1 Å². The normalized spacial score (nSPS) is 14.1. The molecular formula is C50H64Si. The molecule has 51 heavy (non-hydrogen) atoms. The van der Waals surface area contributed by atoms with Crippen LogP contribution in [-0.2, 0) is 25.7 Å². The van der Waals surface area contributed by atoms with Crippen molar-refractivity contribution in [1.29, 1.82) is 0 Å². The van der Waals surface area contributed by atoms with Crippen LogP contribution in [0.5, 0.6) is 0 Å². The summed E-state index contributed by atoms with van der Waals surface area (Å²) in [5.74, 6) is 0. The maximum Gasteiger partial charge on any atom is 0.113 e. The average Bonchev–Trinajstić information content (AvgIpc) is 3.72. The molecule has 0 heterocycles. The number of unbranched alkanes of at least 4 members (excludes halogenated alkanes) is 6. The predicted octanol–water partition coefficient (Wildman–Crippen LogP) is 15.0. The quantitative estimate of drug-likeness (QED) is 0.0719. The molecule has 0 aliphatic heterocycles. The smallest absolute Gasteiger partial charge is 0.0655 e. The molecule has 0 aromatic heterocycles. The monoisotopic (exact) mass is 692 g/mol. The van der Waals surface area contributed by atoms with Crippen molar-refractivity contribution >= 4 is 18.5 Å². The summed E-state index contributed by atoms with van der Waals surface area (Å²) in [6.07, 6.45) is 20.0. The van der Waals surface area contributed by atoms with E-state index in [2.05, 4.69) is 126 Å². The molecule has 0 fully saturated rings. The maximum absolute atomic E-state index is 2.74. The van der Waals surface area contributed by atoms with Gasteiger partial charge in [-0.25, -0.2) is 0 Å². The number of fused-ring (bicyclic) bond motifs is 2. The van der Waals surface area contributed by atoms with E-state index in [1.165, 1.54) is 110 Å². The number of benzene rings is 4. The predicted molar refractivity (Wildman–Crippen MR) is 228 cm³/mol. The first-order chi connectivity index (χ1) is 24.9. The van der Waals surface area contributed by atoms with Crippen LogP contribution in [0.2, 0.25) is 13.1 Å². The highest BCUT2D eigenvalue weighted by molar-refractivity contribution is 7.09. The van der Waals surface area contributed by atoms with Crippen molar-refractivity contribution < 1.29 is 0 Å². The van der Waals surface area contributed by atoms with Crippen molar-refractivity contribution in [3.8, 4) is 22.3 Å². The highest BCUT2D eigenvalue weighted by atomic mass is 28.3. The van der Waals surface area contributed by atoms with Crippen LogP contribution in [0.1, 0.15) is 138 Å². The first-order valence-corrected chi connectivity index (χ1v) is 23.8. The van der Waals surface area contributed by atoms with Gasteiger partial charge in [-0.05, 0) is 117 Å². The van der Waals surface area contributed by atoms with Crippen LogP contribution in [-0.4, -0.2) is 8.07 Å². The van der Waals surface area contributed by atoms with E-state index < -0.39 is 8.07 Å². The summed E-state index contributed by atoms with van der Waals surface area (Å²) in [6, 6.07) is 33.6. The summed E-state index contributed by atoms with van der Waals surface area (Å²) in [4.78, 5) is 0. The second-order valence-electron chi connectivity index (χ2n) is 16.1. The van der Waals surface area contributed by atoms with Gasteiger partial charge in [0.05, 0.1) is 0 Å². The van der Waals surface area contributed by atoms with Gasteiger partial charge < -0.3 is 0 Å². The van der Waals surface area contributed by atoms with Crippen molar-refractivity contribution in [2.45, 2.75) is 144 Å². The SMILES string of the molecule is CCCCCCC1=C([Si](C)(C)C2=C(CCCCCC)Cc3cccc(-c4ccc(CCC)cc4)c32)c2c(cccc2-c2ccc(CCC)cc2)C1. The molecule has 0 nitrogen and oxygen atoms in total. The van der Waals surface area contributed by atoms with E-state index in [1.54, 1.807) is 43.8 Å². The Bertz CT molecular complexity index is 1690. The van der Waals surface area contributed by atoms with Gasteiger partial charge in [0.25, 0.3) is 0 Å². The summed E-state index contributed by atoms with van der Waals surface area (Å²) >= 11 is 0. The van der Waals surface area contributed by atoms with Gasteiger partial charge in [0, 0.05) is 0 Å². The molecule has 268 valence electrons. The third-order valence-electron chi connectivity index (χ3n) is 11.8. The lowest BCUT2D eigenvalue weighted by molar-refractivity contribution is 0.661. The number of hydrogen-bond donors (Lipinski definition) is 0. The first kappa shape index (κ1) is 37.3. The average molecular weight is 693 g/mol. The zero-order chi connectivity index (χ0) is 35.8. The fraction of sp³-hybridized carbons (Fsp3) is 0.440. The lowest BCUT2D eigenvalue weighted by Crippen LogP contribution is -2.32. The van der Waals surface area contributed by atoms with E-state index in [9.17, 15) is 0 Å². The van der Waals surface area contributed by atoms with Crippen molar-refractivity contribution in [1.82, 2.24) is 0 Å². The van der Waals surface area contributed by atoms with Crippen LogP contribution in [0.25, 0.3) is 32.6 Å². The molecule has 0 radical (unpaired) electrons. The van der Waals surface area contributed by atoms with Crippen molar-refractivity contribution in [2.24, 2.45) is 0 Å². The topological polar surface area (TPSA) is 0 Å². The Balaban J connectivity index is 1.53. The van der Waals surface area contributed by atoms with Gasteiger partial charge in [0.2, 0.25) is 0 Å². The molecule has 4 aromatic rings. The minimum Gasteiger partial charge on any atom is -0.0655 e. The van der Waals surface area contributed by atoms with Gasteiger partial charge in [-0.3, -0.25) is 0 Å². The third-order valence-corrected chi connectivity index (χ3v) is 15.5. The van der Waals surface area contributed by atoms with Gasteiger partial charge in [0.1, 0.15) is 8.07 Å². The Morgan fingerprint density at radius 3 is 1.22 bits per heavy atom. The van der Waals surface area contributed by atoms with E-state index in [1.807, 2.05) is 0 Å². The molecule has 0 atom stereocenters. The standard InChI is InChI=1S/C50H64Si/c1-7-11-13-15-21-43-35-41-23-17-25-45(39-31-27-37(19-9-3)28-32-39)47(41)49(43)51(5,6)50-44(22-16-14-12-8-2)36-42-24-18-26-46(48(42)50)40-33-29-38(20-10-4)30-34-40/h17-18,23-34H,7-16,19-22,35-36H2,1-6H3. The Hall–Kier alpha value is -3.42. The lowest BCUT2D eigenvalue weighted by Gasteiger charge is -2.33. The highest BCUT2D eigenvalue weighted by Gasteiger charge is 2.43. The molecule has 0 spiro atoms. The number of aryl methyl sites for hydroxylation is 2. The Kier molecular flexibility index (Phi) is 12.7. The Morgan fingerprint density at radius 1 is 0.431 bits per heavy atom. The Morgan fingerprint density at radius 2 is 0.843 bits per heavy atom. The molecule has 0 saturated heterocycles. The van der Waals surface area contributed by atoms with E-state index in [0.717, 1.165) is 25.7 Å². The lowest BCUT2D eigenvalue weighted by atomic mass is 9.95. The van der Waals surface area contributed by atoms with E-state index in [-0.39, 0.29) is 0 Å². The van der Waals surface area contributed by atoms with Crippen LogP contribution >= 0.6 is 0 Å². The molecule has 0 N–H and O–H groups in total. The minimum absolute atomic E-state index is 1.13. The van der Waals surface area contributed by atoms with Gasteiger partial charge in [0.15, 0.2) is 0 Å². The van der Waals surface area contributed by atoms with Crippen LogP contribution < -0.4 is 0 Å². The minimum atomic E-state index is -2.22. The van der Waals surface area contributed by atoms with E-state index in [0.29, 0.717) is 0 Å². The zero-order valence-corrected chi connectivity index (χ0v) is 33.9. The zero-order valence-electron chi connectivity index (χ0n) is 32.9. The summed E-state index contributed by atoms with van der Waals surface area (Å²) in [5.41, 5.74) is 18.4. The van der Waals surface area contributed by atoms with Gasteiger partial charge in [-0.2, -0.15) is 0 Å². The van der Waals surface area contributed by atoms with Crippen molar-refractivity contribution in [2.75, 3.05) is 0 Å². The van der Waals surface area contributed by atoms with E-state index >= 15 is 0 Å².